The predicted molar refractivity (Wildman–Crippen MR) is 143 cm³/mol. The van der Waals surface area contributed by atoms with E-state index >= 15 is 0 Å². The number of nitrogens with zero attached hydrogens (tertiary/aromatic N) is 5. The van der Waals surface area contributed by atoms with Crippen molar-refractivity contribution in [3.63, 3.8) is 0 Å². The van der Waals surface area contributed by atoms with Crippen molar-refractivity contribution in [2.45, 2.75) is 44.4 Å². The molecule has 4 heterocycles. The van der Waals surface area contributed by atoms with Gasteiger partial charge in [-0.2, -0.15) is 0 Å². The number of anilines is 2. The van der Waals surface area contributed by atoms with Gasteiger partial charge in [-0.25, -0.2) is 13.8 Å². The Balaban J connectivity index is 1.27. The van der Waals surface area contributed by atoms with Crippen LogP contribution in [0.4, 0.5) is 20.3 Å². The highest BCUT2D eigenvalue weighted by molar-refractivity contribution is 14.1. The molecule has 2 aliphatic heterocycles. The molecule has 6 rings (SSSR count). The monoisotopic (exact) mass is 655 g/mol. The minimum atomic E-state index is -2.61. The highest BCUT2D eigenvalue weighted by Crippen LogP contribution is 2.54. The van der Waals surface area contributed by atoms with Crippen LogP contribution >= 0.6 is 38.5 Å². The molecule has 3 fully saturated rings. The Morgan fingerprint density at radius 3 is 2.26 bits per heavy atom. The van der Waals surface area contributed by atoms with Crippen LogP contribution in [0.1, 0.15) is 38.5 Å². The topological polar surface area (TPSA) is 58.3 Å². The Morgan fingerprint density at radius 2 is 1.54 bits per heavy atom. The lowest BCUT2D eigenvalue weighted by molar-refractivity contribution is -0.0221. The van der Waals surface area contributed by atoms with E-state index in [-0.39, 0.29) is 25.9 Å². The number of piperidine rings is 2. The smallest absolute Gasteiger partial charge is 0.266 e. The maximum Gasteiger partial charge on any atom is 0.266 e. The maximum absolute atomic E-state index is 13.6. The van der Waals surface area contributed by atoms with Gasteiger partial charge in [0.1, 0.15) is 11.5 Å². The first-order valence-corrected chi connectivity index (χ1v) is 13.9. The van der Waals surface area contributed by atoms with Crippen molar-refractivity contribution < 1.29 is 13.2 Å². The molecule has 0 N–H and O–H groups in total. The zero-order chi connectivity index (χ0) is 24.2. The number of pyridine rings is 1. The molecule has 0 atom stereocenters. The summed E-state index contributed by atoms with van der Waals surface area (Å²) in [6, 6.07) is 9.94. The summed E-state index contributed by atoms with van der Waals surface area (Å²) in [4.78, 5) is 9.01. The summed E-state index contributed by atoms with van der Waals surface area (Å²) in [6.45, 7) is 2.59. The fraction of sp³-hybridized carbons (Fsp3) is 0.480. The van der Waals surface area contributed by atoms with Crippen LogP contribution in [0.3, 0.4) is 0 Å². The second-order valence-electron chi connectivity index (χ2n) is 9.91. The average Bonchev–Trinajstić information content (AvgIpc) is 3.41. The molecule has 1 spiro atoms. The number of hydrogen-bond donors (Lipinski definition) is 0. The molecular weight excluding hydrogens is 631 g/mol. The van der Waals surface area contributed by atoms with Crippen molar-refractivity contribution in [3.05, 3.63) is 38.4 Å². The molecule has 0 radical (unpaired) electrons. The zero-order valence-electron chi connectivity index (χ0n) is 19.1. The first-order valence-electron chi connectivity index (χ1n) is 12.0. The minimum Gasteiger partial charge on any atom is -0.415 e. The molecule has 1 saturated carbocycles. The van der Waals surface area contributed by atoms with E-state index in [0.29, 0.717) is 28.7 Å². The third kappa shape index (κ3) is 4.80. The Bertz CT molecular complexity index is 1240. The van der Waals surface area contributed by atoms with E-state index in [1.54, 1.807) is 6.07 Å². The van der Waals surface area contributed by atoms with Crippen molar-refractivity contribution >= 4 is 50.0 Å². The summed E-state index contributed by atoms with van der Waals surface area (Å²) in [7, 11) is 0. The van der Waals surface area contributed by atoms with E-state index < -0.39 is 5.92 Å². The third-order valence-corrected chi connectivity index (χ3v) is 8.87. The molecule has 0 bridgehead atoms. The van der Waals surface area contributed by atoms with E-state index in [0.717, 1.165) is 28.8 Å². The van der Waals surface area contributed by atoms with E-state index in [2.05, 4.69) is 65.8 Å². The second kappa shape index (κ2) is 8.93. The molecule has 6 nitrogen and oxygen atoms in total. The largest absolute Gasteiger partial charge is 0.415 e. The molecule has 2 saturated heterocycles. The van der Waals surface area contributed by atoms with Crippen LogP contribution < -0.4 is 9.80 Å². The Kier molecular flexibility index (Phi) is 6.02. The van der Waals surface area contributed by atoms with Crippen LogP contribution in [0.15, 0.2) is 39.2 Å². The van der Waals surface area contributed by atoms with Crippen molar-refractivity contribution in [1.82, 2.24) is 15.2 Å². The van der Waals surface area contributed by atoms with E-state index in [1.807, 2.05) is 17.0 Å². The van der Waals surface area contributed by atoms with Gasteiger partial charge < -0.3 is 14.2 Å². The summed E-state index contributed by atoms with van der Waals surface area (Å²) in [6.07, 6.45) is 4.86. The van der Waals surface area contributed by atoms with Crippen LogP contribution in [-0.4, -0.2) is 47.3 Å². The third-order valence-electron chi connectivity index (χ3n) is 7.58. The Morgan fingerprint density at radius 1 is 0.857 bits per heavy atom. The van der Waals surface area contributed by atoms with E-state index in [4.69, 9.17) is 9.40 Å². The lowest BCUT2D eigenvalue weighted by atomic mass is 9.93. The van der Waals surface area contributed by atoms with Gasteiger partial charge in [0, 0.05) is 42.6 Å². The summed E-state index contributed by atoms with van der Waals surface area (Å²) in [5.41, 5.74) is 3.18. The second-order valence-corrected chi connectivity index (χ2v) is 12.0. The van der Waals surface area contributed by atoms with Gasteiger partial charge in [-0.3, -0.25) is 0 Å². The lowest BCUT2D eigenvalue weighted by Gasteiger charge is -2.34. The number of hydrogen-bond acceptors (Lipinski definition) is 6. The first kappa shape index (κ1) is 23.6. The highest BCUT2D eigenvalue weighted by Gasteiger charge is 2.44. The highest BCUT2D eigenvalue weighted by atomic mass is 127. The normalized spacial score (nSPS) is 20.9. The van der Waals surface area contributed by atoms with E-state index in [1.165, 1.54) is 29.3 Å². The lowest BCUT2D eigenvalue weighted by Crippen LogP contribution is -2.40. The molecule has 2 aromatic heterocycles. The van der Waals surface area contributed by atoms with Crippen LogP contribution in [-0.2, 0) is 0 Å². The first-order chi connectivity index (χ1) is 16.8. The van der Waals surface area contributed by atoms with E-state index in [9.17, 15) is 8.78 Å². The molecule has 0 unspecified atom stereocenters. The van der Waals surface area contributed by atoms with Crippen molar-refractivity contribution in [3.8, 4) is 23.0 Å². The molecule has 3 aromatic rings. The molecule has 0 amide bonds. The van der Waals surface area contributed by atoms with Gasteiger partial charge >= 0.3 is 0 Å². The van der Waals surface area contributed by atoms with Crippen molar-refractivity contribution in [2.75, 3.05) is 36.0 Å². The molecule has 1 aromatic carbocycles. The SMILES string of the molecule is FC1(F)CCN(c2nc(-c3nnc(-c4ccc(I)cc4N4CCC5(CC4)CC5)o3)ccc2Br)CC1. The van der Waals surface area contributed by atoms with Gasteiger partial charge in [-0.05, 0) is 100.0 Å². The molecule has 1 aliphatic carbocycles. The van der Waals surface area contributed by atoms with Crippen LogP contribution in [0.2, 0.25) is 0 Å². The standard InChI is InChI=1S/C25H25BrF2IN5O/c26-18-3-4-19(30-21(18)34-13-9-25(27,28)10-14-34)23-32-31-22(35-23)17-2-1-16(29)15-20(17)33-11-7-24(5-6-24)8-12-33/h1-4,15H,5-14H2. The molecule has 184 valence electrons. The average molecular weight is 656 g/mol. The Labute approximate surface area is 224 Å². The molecular formula is C25H25BrF2IN5O. The van der Waals surface area contributed by atoms with Crippen molar-refractivity contribution in [1.29, 1.82) is 0 Å². The van der Waals surface area contributed by atoms with Crippen molar-refractivity contribution in [2.24, 2.45) is 5.41 Å². The summed E-state index contributed by atoms with van der Waals surface area (Å²) < 4.78 is 35.3. The fourth-order valence-corrected chi connectivity index (χ4v) is 6.05. The van der Waals surface area contributed by atoms with Gasteiger partial charge in [-0.1, -0.05) is 0 Å². The summed E-state index contributed by atoms with van der Waals surface area (Å²) >= 11 is 5.86. The quantitative estimate of drug-likeness (QED) is 0.289. The number of aromatic nitrogens is 3. The van der Waals surface area contributed by atoms with Crippen LogP contribution in [0.5, 0.6) is 0 Å². The number of benzene rings is 1. The van der Waals surface area contributed by atoms with Gasteiger partial charge in [0.2, 0.25) is 5.89 Å². The van der Waals surface area contributed by atoms with Gasteiger partial charge in [0.05, 0.1) is 15.7 Å². The zero-order valence-corrected chi connectivity index (χ0v) is 22.9. The predicted octanol–water partition coefficient (Wildman–Crippen LogP) is 6.78. The maximum atomic E-state index is 13.6. The van der Waals surface area contributed by atoms with Crippen LogP contribution in [0.25, 0.3) is 23.0 Å². The summed E-state index contributed by atoms with van der Waals surface area (Å²) in [5.74, 6) is -1.21. The van der Waals surface area contributed by atoms with Gasteiger partial charge in [-0.15, -0.1) is 10.2 Å². The number of halogens is 4. The Hall–Kier alpha value is -1.82. The number of rotatable bonds is 4. The fourth-order valence-electron chi connectivity index (χ4n) is 5.10. The molecule has 35 heavy (non-hydrogen) atoms. The minimum absolute atomic E-state index is 0.177. The molecule has 10 heteroatoms. The number of alkyl halides is 2. The van der Waals surface area contributed by atoms with Crippen LogP contribution in [0, 0.1) is 8.99 Å². The molecule has 3 aliphatic rings. The van der Waals surface area contributed by atoms with Gasteiger partial charge in [0.25, 0.3) is 11.8 Å². The van der Waals surface area contributed by atoms with Gasteiger partial charge in [0.15, 0.2) is 0 Å². The summed E-state index contributed by atoms with van der Waals surface area (Å²) in [5, 5.41) is 8.65.